The summed E-state index contributed by atoms with van der Waals surface area (Å²) in [6.07, 6.45) is 6.31. The van der Waals surface area contributed by atoms with E-state index in [0.29, 0.717) is 5.13 Å². The average Bonchev–Trinajstić information content (AvgIpc) is 3.17. The number of thiazole rings is 1. The van der Waals surface area contributed by atoms with E-state index in [2.05, 4.69) is 22.9 Å². The molecule has 0 atom stereocenters. The fourth-order valence-corrected chi connectivity index (χ4v) is 5.65. The maximum Gasteiger partial charge on any atom is 0.180 e. The molecule has 2 aromatic rings. The van der Waals surface area contributed by atoms with Gasteiger partial charge in [0.1, 0.15) is 0 Å². The Labute approximate surface area is 145 Å². The highest BCUT2D eigenvalue weighted by Gasteiger charge is 2.41. The third-order valence-electron chi connectivity index (χ3n) is 5.02. The molecular weight excluding hydrogens is 326 g/mol. The van der Waals surface area contributed by atoms with Crippen molar-refractivity contribution in [1.29, 1.82) is 0 Å². The summed E-state index contributed by atoms with van der Waals surface area (Å²) in [5, 5.41) is 0.666. The molecule has 1 fully saturated rings. The predicted octanol–water partition coefficient (Wildman–Crippen LogP) is 3.41. The molecule has 2 aliphatic heterocycles. The molecule has 124 valence electrons. The first-order chi connectivity index (χ1) is 11.2. The standard InChI is InChI=1S/C17H23N3OS2/c1-2-12-9-14-15(22-12)3-8-21-17(14)4-6-20(7-5-17)11-13-10-19-16(18)23-13/h9-10H,2-8,11H2,1H3,(H2,18,19). The number of nitrogens with two attached hydrogens (primary N) is 1. The number of aryl methyl sites for hydroxylation is 1. The second-order valence-corrected chi connectivity index (χ2v) is 8.80. The average molecular weight is 350 g/mol. The number of nitrogens with zero attached hydrogens (tertiary/aromatic N) is 2. The van der Waals surface area contributed by atoms with E-state index >= 15 is 0 Å². The molecule has 6 heteroatoms. The van der Waals surface area contributed by atoms with Crippen LogP contribution in [0.2, 0.25) is 0 Å². The van der Waals surface area contributed by atoms with E-state index in [1.165, 1.54) is 15.3 Å². The molecule has 4 nitrogen and oxygen atoms in total. The summed E-state index contributed by atoms with van der Waals surface area (Å²) in [6, 6.07) is 2.42. The van der Waals surface area contributed by atoms with Gasteiger partial charge in [0.05, 0.1) is 12.2 Å². The highest BCUT2D eigenvalue weighted by molar-refractivity contribution is 7.15. The van der Waals surface area contributed by atoms with Crippen molar-refractivity contribution < 1.29 is 4.74 Å². The number of hydrogen-bond donors (Lipinski definition) is 1. The van der Waals surface area contributed by atoms with Crippen molar-refractivity contribution >= 4 is 27.8 Å². The van der Waals surface area contributed by atoms with Gasteiger partial charge in [0, 0.05) is 46.9 Å². The van der Waals surface area contributed by atoms with Crippen LogP contribution in [-0.2, 0) is 29.7 Å². The van der Waals surface area contributed by atoms with E-state index in [-0.39, 0.29) is 5.60 Å². The minimum absolute atomic E-state index is 0.0271. The normalized spacial score (nSPS) is 20.7. The number of hydrogen-bond acceptors (Lipinski definition) is 6. The van der Waals surface area contributed by atoms with Crippen LogP contribution >= 0.6 is 22.7 Å². The SMILES string of the molecule is CCc1cc2c(s1)CCOC21CCN(Cc2cnc(N)s2)CC1. The first-order valence-electron chi connectivity index (χ1n) is 8.37. The maximum atomic E-state index is 6.34. The number of anilines is 1. The van der Waals surface area contributed by atoms with E-state index in [0.717, 1.165) is 51.9 Å². The Kier molecular flexibility index (Phi) is 4.17. The molecule has 2 aliphatic rings. The number of nitrogen functional groups attached to an aromatic ring is 1. The third kappa shape index (κ3) is 2.93. The van der Waals surface area contributed by atoms with Gasteiger partial charge in [0.2, 0.25) is 0 Å². The summed E-state index contributed by atoms with van der Waals surface area (Å²) >= 11 is 3.59. The minimum Gasteiger partial charge on any atom is -0.375 e. The topological polar surface area (TPSA) is 51.4 Å². The molecule has 0 bridgehead atoms. The Morgan fingerprint density at radius 1 is 1.30 bits per heavy atom. The first kappa shape index (κ1) is 15.6. The Hall–Kier alpha value is -0.950. The Balaban J connectivity index is 1.48. The molecule has 23 heavy (non-hydrogen) atoms. The quantitative estimate of drug-likeness (QED) is 0.922. The van der Waals surface area contributed by atoms with Gasteiger partial charge in [-0.05, 0) is 30.9 Å². The summed E-state index contributed by atoms with van der Waals surface area (Å²) in [6.45, 7) is 6.24. The molecule has 0 aliphatic carbocycles. The maximum absolute atomic E-state index is 6.34. The van der Waals surface area contributed by atoms with Crippen molar-refractivity contribution in [2.75, 3.05) is 25.4 Å². The molecule has 1 saturated heterocycles. The molecular formula is C17H23N3OS2. The van der Waals surface area contributed by atoms with Crippen molar-refractivity contribution in [2.45, 2.75) is 44.8 Å². The number of rotatable bonds is 3. The smallest absolute Gasteiger partial charge is 0.180 e. The van der Waals surface area contributed by atoms with Crippen molar-refractivity contribution in [3.05, 3.63) is 32.5 Å². The Morgan fingerprint density at radius 2 is 2.13 bits per heavy atom. The summed E-state index contributed by atoms with van der Waals surface area (Å²) in [5.41, 5.74) is 7.20. The second kappa shape index (κ2) is 6.16. The number of likely N-dealkylation sites (tertiary alicyclic amines) is 1. The monoisotopic (exact) mass is 349 g/mol. The van der Waals surface area contributed by atoms with Gasteiger partial charge in [0.25, 0.3) is 0 Å². The van der Waals surface area contributed by atoms with Crippen LogP contribution in [0.1, 0.15) is 40.0 Å². The molecule has 0 saturated carbocycles. The molecule has 0 aromatic carbocycles. The van der Waals surface area contributed by atoms with Crippen LogP contribution in [0.25, 0.3) is 0 Å². The summed E-state index contributed by atoms with van der Waals surface area (Å²) in [7, 11) is 0. The van der Waals surface area contributed by atoms with Gasteiger partial charge in [-0.1, -0.05) is 6.92 Å². The second-order valence-electron chi connectivity index (χ2n) is 6.44. The van der Waals surface area contributed by atoms with Crippen LogP contribution in [0.5, 0.6) is 0 Å². The number of aromatic nitrogens is 1. The van der Waals surface area contributed by atoms with Crippen LogP contribution in [0.15, 0.2) is 12.3 Å². The first-order valence-corrected chi connectivity index (χ1v) is 10.0. The zero-order valence-electron chi connectivity index (χ0n) is 13.5. The molecule has 2 N–H and O–H groups in total. The van der Waals surface area contributed by atoms with Crippen molar-refractivity contribution in [2.24, 2.45) is 0 Å². The van der Waals surface area contributed by atoms with Gasteiger partial charge in [-0.25, -0.2) is 4.98 Å². The zero-order chi connectivity index (χ0) is 15.9. The molecule has 0 amide bonds. The molecule has 0 unspecified atom stereocenters. The molecule has 4 rings (SSSR count). The Morgan fingerprint density at radius 3 is 2.83 bits per heavy atom. The lowest BCUT2D eigenvalue weighted by atomic mass is 9.82. The summed E-state index contributed by atoms with van der Waals surface area (Å²) < 4.78 is 6.34. The summed E-state index contributed by atoms with van der Waals surface area (Å²) in [4.78, 5) is 11.0. The summed E-state index contributed by atoms with van der Waals surface area (Å²) in [5.74, 6) is 0. The predicted molar refractivity (Wildman–Crippen MR) is 96.1 cm³/mol. The number of thiophene rings is 1. The molecule has 2 aromatic heterocycles. The van der Waals surface area contributed by atoms with E-state index in [4.69, 9.17) is 10.5 Å². The fourth-order valence-electron chi connectivity index (χ4n) is 3.75. The largest absolute Gasteiger partial charge is 0.375 e. The lowest BCUT2D eigenvalue weighted by Gasteiger charge is -2.44. The van der Waals surface area contributed by atoms with Crippen LogP contribution in [0.3, 0.4) is 0 Å². The van der Waals surface area contributed by atoms with E-state index in [1.54, 1.807) is 16.2 Å². The van der Waals surface area contributed by atoms with Gasteiger partial charge >= 0.3 is 0 Å². The Bertz CT molecular complexity index is 686. The van der Waals surface area contributed by atoms with Gasteiger partial charge in [-0.2, -0.15) is 0 Å². The highest BCUT2D eigenvalue weighted by Crippen LogP contribution is 2.44. The zero-order valence-corrected chi connectivity index (χ0v) is 15.1. The van der Waals surface area contributed by atoms with Crippen molar-refractivity contribution in [3.63, 3.8) is 0 Å². The van der Waals surface area contributed by atoms with Crippen molar-refractivity contribution in [3.8, 4) is 0 Å². The lowest BCUT2D eigenvalue weighted by molar-refractivity contribution is -0.0980. The van der Waals surface area contributed by atoms with Crippen LogP contribution in [0, 0.1) is 0 Å². The number of fused-ring (bicyclic) bond motifs is 2. The molecule has 0 radical (unpaired) electrons. The van der Waals surface area contributed by atoms with E-state index in [1.807, 2.05) is 17.5 Å². The van der Waals surface area contributed by atoms with Crippen molar-refractivity contribution in [1.82, 2.24) is 9.88 Å². The molecule has 1 spiro atoms. The van der Waals surface area contributed by atoms with Gasteiger partial charge in [-0.3, -0.25) is 4.90 Å². The molecule has 4 heterocycles. The van der Waals surface area contributed by atoms with E-state index in [9.17, 15) is 0 Å². The fraction of sp³-hybridized carbons (Fsp3) is 0.588. The lowest BCUT2D eigenvalue weighted by Crippen LogP contribution is -2.45. The van der Waals surface area contributed by atoms with E-state index < -0.39 is 0 Å². The number of ether oxygens (including phenoxy) is 1. The number of piperidine rings is 1. The third-order valence-corrected chi connectivity index (χ3v) is 7.17. The highest BCUT2D eigenvalue weighted by atomic mass is 32.1. The van der Waals surface area contributed by atoms with Gasteiger partial charge in [-0.15, -0.1) is 22.7 Å². The van der Waals surface area contributed by atoms with Crippen LogP contribution < -0.4 is 5.73 Å². The van der Waals surface area contributed by atoms with Crippen LogP contribution in [-0.4, -0.2) is 29.6 Å². The van der Waals surface area contributed by atoms with Gasteiger partial charge < -0.3 is 10.5 Å². The minimum atomic E-state index is -0.0271. The van der Waals surface area contributed by atoms with Gasteiger partial charge in [0.15, 0.2) is 5.13 Å². The van der Waals surface area contributed by atoms with Crippen LogP contribution in [0.4, 0.5) is 5.13 Å².